The van der Waals surface area contributed by atoms with Crippen molar-refractivity contribution in [1.29, 1.82) is 0 Å². The predicted octanol–water partition coefficient (Wildman–Crippen LogP) is 2.06. The molecule has 1 N–H and O–H groups in total. The van der Waals surface area contributed by atoms with Crippen molar-refractivity contribution < 1.29 is 29.0 Å². The van der Waals surface area contributed by atoms with E-state index in [4.69, 9.17) is 9.47 Å². The van der Waals surface area contributed by atoms with Crippen LogP contribution in [0.15, 0.2) is 49.6 Å². The van der Waals surface area contributed by atoms with Crippen molar-refractivity contribution in [2.75, 3.05) is 26.3 Å². The molecule has 4 heterocycles. The fourth-order valence-corrected chi connectivity index (χ4v) is 6.79. The number of carbonyl (C=O) groups excluding carboxylic acids is 3. The summed E-state index contributed by atoms with van der Waals surface area (Å²) < 4.78 is 13.9. The van der Waals surface area contributed by atoms with E-state index in [0.29, 0.717) is 24.8 Å². The number of fused-ring (bicyclic) bond motifs is 2. The molecule has 11 heteroatoms. The molecule has 214 valence electrons. The fraction of sp³-hybridized carbons (Fsp3) is 0.552. The van der Waals surface area contributed by atoms with Crippen LogP contribution in [0.1, 0.15) is 39.0 Å². The fourth-order valence-electron chi connectivity index (χ4n) is 6.79. The summed E-state index contributed by atoms with van der Waals surface area (Å²) in [6, 6.07) is 6.42. The Morgan fingerprint density at radius 2 is 2.05 bits per heavy atom. The van der Waals surface area contributed by atoms with Crippen LogP contribution in [0, 0.1) is 11.8 Å². The van der Waals surface area contributed by atoms with E-state index < -0.39 is 35.0 Å². The molecule has 2 bridgehead atoms. The van der Waals surface area contributed by atoms with Gasteiger partial charge in [0.15, 0.2) is 0 Å². The molecule has 5 rings (SSSR count). The van der Waals surface area contributed by atoms with Crippen LogP contribution in [0.4, 0.5) is 0 Å². The lowest BCUT2D eigenvalue weighted by molar-refractivity contribution is -0.160. The molecular weight excluding hydrogens is 514 g/mol. The van der Waals surface area contributed by atoms with Gasteiger partial charge in [0.2, 0.25) is 11.8 Å². The van der Waals surface area contributed by atoms with E-state index in [1.807, 2.05) is 37.3 Å². The average Bonchev–Trinajstić information content (AvgIpc) is 3.64. The summed E-state index contributed by atoms with van der Waals surface area (Å²) in [6.45, 7) is 9.50. The third kappa shape index (κ3) is 4.50. The number of β-amino-alcohol motifs (C(OH)–C–C–N with tert-alkyl or cyclic N) is 1. The second kappa shape index (κ2) is 11.1. The third-order valence-corrected chi connectivity index (χ3v) is 8.54. The first-order chi connectivity index (χ1) is 19.3. The maximum Gasteiger partial charge on any atom is 0.312 e. The van der Waals surface area contributed by atoms with E-state index in [1.54, 1.807) is 15.7 Å². The molecule has 1 spiro atoms. The van der Waals surface area contributed by atoms with Crippen molar-refractivity contribution >= 4 is 28.8 Å². The normalized spacial score (nSPS) is 28.6. The number of benzene rings is 1. The number of amides is 2. The van der Waals surface area contributed by atoms with Crippen LogP contribution in [0.25, 0.3) is 11.0 Å². The number of para-hydroxylation sites is 1. The SMILES string of the molecule is C=CCCCCOC(=O)[C@H]1[C@H]2C(=O)N(CCO)C(C(=O)N(CC=C)Cn3nnc4ccccc43)C23CC[C@]1(C)O3. The second-order valence-corrected chi connectivity index (χ2v) is 11.0. The number of likely N-dealkylation sites (tertiary alicyclic amines) is 1. The van der Waals surface area contributed by atoms with Gasteiger partial charge in [0.05, 0.1) is 30.2 Å². The number of hydrogen-bond acceptors (Lipinski definition) is 8. The summed E-state index contributed by atoms with van der Waals surface area (Å²) in [4.78, 5) is 44.6. The quantitative estimate of drug-likeness (QED) is 0.228. The zero-order chi connectivity index (χ0) is 28.5. The smallest absolute Gasteiger partial charge is 0.312 e. The van der Waals surface area contributed by atoms with E-state index in [2.05, 4.69) is 23.5 Å². The first-order valence-electron chi connectivity index (χ1n) is 13.9. The van der Waals surface area contributed by atoms with E-state index >= 15 is 0 Å². The van der Waals surface area contributed by atoms with Gasteiger partial charge in [-0.25, -0.2) is 4.68 Å². The van der Waals surface area contributed by atoms with Crippen LogP contribution in [0.5, 0.6) is 0 Å². The maximum atomic E-state index is 14.3. The Labute approximate surface area is 233 Å². The Balaban J connectivity index is 1.44. The highest BCUT2D eigenvalue weighted by molar-refractivity contribution is 5.98. The Bertz CT molecular complexity index is 1310. The number of aliphatic hydroxyl groups excluding tert-OH is 1. The summed E-state index contributed by atoms with van der Waals surface area (Å²) in [6.07, 6.45) is 6.76. The van der Waals surface area contributed by atoms with Gasteiger partial charge in [-0.2, -0.15) is 0 Å². The van der Waals surface area contributed by atoms with Crippen LogP contribution in [0.3, 0.4) is 0 Å². The van der Waals surface area contributed by atoms with Crippen LogP contribution in [-0.2, 0) is 30.5 Å². The summed E-state index contributed by atoms with van der Waals surface area (Å²) in [5, 5.41) is 18.3. The number of nitrogens with zero attached hydrogens (tertiary/aromatic N) is 5. The number of aromatic nitrogens is 3. The van der Waals surface area contributed by atoms with Gasteiger partial charge in [0.25, 0.3) is 0 Å². The zero-order valence-corrected chi connectivity index (χ0v) is 22.9. The highest BCUT2D eigenvalue weighted by Gasteiger charge is 2.78. The Kier molecular flexibility index (Phi) is 7.78. The Morgan fingerprint density at radius 1 is 1.25 bits per heavy atom. The lowest BCUT2D eigenvalue weighted by Crippen LogP contribution is -2.56. The molecule has 40 heavy (non-hydrogen) atoms. The van der Waals surface area contributed by atoms with Crippen molar-refractivity contribution in [3.63, 3.8) is 0 Å². The first-order valence-corrected chi connectivity index (χ1v) is 13.9. The summed E-state index contributed by atoms with van der Waals surface area (Å²) in [7, 11) is 0. The number of esters is 1. The van der Waals surface area contributed by atoms with E-state index in [9.17, 15) is 19.5 Å². The molecule has 3 fully saturated rings. The Hall–Kier alpha value is -3.57. The van der Waals surface area contributed by atoms with E-state index in [1.165, 1.54) is 4.90 Å². The monoisotopic (exact) mass is 551 g/mol. The molecule has 2 amide bonds. The van der Waals surface area contributed by atoms with Gasteiger partial charge < -0.3 is 24.4 Å². The summed E-state index contributed by atoms with van der Waals surface area (Å²) in [5.41, 5.74) is -0.666. The van der Waals surface area contributed by atoms with Crippen molar-refractivity contribution in [3.8, 4) is 0 Å². The molecule has 11 nitrogen and oxygen atoms in total. The predicted molar refractivity (Wildman–Crippen MR) is 145 cm³/mol. The maximum absolute atomic E-state index is 14.3. The molecule has 3 saturated heterocycles. The van der Waals surface area contributed by atoms with Crippen molar-refractivity contribution in [2.24, 2.45) is 11.8 Å². The topological polar surface area (TPSA) is 127 Å². The van der Waals surface area contributed by atoms with Crippen LogP contribution in [-0.4, -0.2) is 91.2 Å². The number of rotatable bonds is 13. The van der Waals surface area contributed by atoms with Crippen molar-refractivity contribution in [2.45, 2.75) is 62.9 Å². The minimum atomic E-state index is -1.20. The number of carbonyl (C=O) groups is 3. The van der Waals surface area contributed by atoms with E-state index in [-0.39, 0.29) is 44.8 Å². The largest absolute Gasteiger partial charge is 0.465 e. The number of ether oxygens (including phenoxy) is 2. The van der Waals surface area contributed by atoms with Crippen molar-refractivity contribution in [1.82, 2.24) is 24.8 Å². The molecule has 0 radical (unpaired) electrons. The van der Waals surface area contributed by atoms with Gasteiger partial charge in [-0.1, -0.05) is 29.5 Å². The van der Waals surface area contributed by atoms with Gasteiger partial charge in [-0.15, -0.1) is 18.3 Å². The van der Waals surface area contributed by atoms with Gasteiger partial charge in [0.1, 0.15) is 29.7 Å². The Morgan fingerprint density at radius 3 is 2.80 bits per heavy atom. The summed E-state index contributed by atoms with van der Waals surface area (Å²) in [5.74, 6) is -2.90. The molecule has 3 aliphatic heterocycles. The van der Waals surface area contributed by atoms with Crippen molar-refractivity contribution in [3.05, 3.63) is 49.6 Å². The molecule has 0 saturated carbocycles. The molecule has 2 aromatic rings. The van der Waals surface area contributed by atoms with Gasteiger partial charge in [-0.05, 0) is 51.2 Å². The highest BCUT2D eigenvalue weighted by Crippen LogP contribution is 2.63. The molecule has 1 aromatic heterocycles. The lowest BCUT2D eigenvalue weighted by Gasteiger charge is -2.36. The average molecular weight is 552 g/mol. The van der Waals surface area contributed by atoms with Crippen LogP contribution in [0.2, 0.25) is 0 Å². The highest BCUT2D eigenvalue weighted by atomic mass is 16.6. The summed E-state index contributed by atoms with van der Waals surface area (Å²) >= 11 is 0. The molecule has 2 unspecified atom stereocenters. The minimum Gasteiger partial charge on any atom is -0.465 e. The molecule has 3 aliphatic rings. The number of hydrogen-bond donors (Lipinski definition) is 1. The van der Waals surface area contributed by atoms with E-state index in [0.717, 1.165) is 18.4 Å². The molecule has 5 atom stereocenters. The lowest BCUT2D eigenvalue weighted by atomic mass is 9.66. The molecule has 1 aromatic carbocycles. The number of unbranched alkanes of at least 4 members (excludes halogenated alkanes) is 2. The van der Waals surface area contributed by atoms with Gasteiger partial charge in [0, 0.05) is 13.1 Å². The van der Waals surface area contributed by atoms with Gasteiger partial charge >= 0.3 is 5.97 Å². The van der Waals surface area contributed by atoms with Crippen LogP contribution < -0.4 is 0 Å². The first kappa shape index (κ1) is 28.0. The molecular formula is C29H37N5O6. The minimum absolute atomic E-state index is 0.0505. The number of allylic oxidation sites excluding steroid dienone is 1. The standard InChI is InChI=1S/C29H37N5O6/c1-4-6-7-10-18-39-27(38)23-22-25(36)33(16-17-35)24(29(22)14-13-28(23,3)40-29)26(37)32(15-5-2)19-34-21-12-9-8-11-20(21)30-31-34/h4-5,8-9,11-12,22-24,35H,1-2,6-7,10,13-19H2,3H3/t22-,23+,24?,28-,29?/m0/s1. The third-order valence-electron chi connectivity index (χ3n) is 8.54. The molecule has 0 aliphatic carbocycles. The van der Waals surface area contributed by atoms with Crippen LogP contribution >= 0.6 is 0 Å². The second-order valence-electron chi connectivity index (χ2n) is 11.0. The zero-order valence-electron chi connectivity index (χ0n) is 22.9. The number of aliphatic hydroxyl groups is 1. The van der Waals surface area contributed by atoms with Gasteiger partial charge in [-0.3, -0.25) is 14.4 Å².